The first-order valence-electron chi connectivity index (χ1n) is 6.64. The van der Waals surface area contributed by atoms with Gasteiger partial charge in [-0.15, -0.1) is 0 Å². The van der Waals surface area contributed by atoms with Crippen LogP contribution in [0.1, 0.15) is 12.8 Å². The molecule has 2 atom stereocenters. The lowest BCUT2D eigenvalue weighted by Gasteiger charge is -2.21. The van der Waals surface area contributed by atoms with Gasteiger partial charge in [0.05, 0.1) is 28.0 Å². The molecule has 0 radical (unpaired) electrons. The molecule has 2 aromatic rings. The van der Waals surface area contributed by atoms with Crippen molar-refractivity contribution < 1.29 is 4.21 Å². The predicted octanol–water partition coefficient (Wildman–Crippen LogP) is 1.74. The smallest absolute Gasteiger partial charge is 0.146 e. The molecule has 2 heterocycles. The molecule has 1 aliphatic rings. The zero-order valence-corrected chi connectivity index (χ0v) is 11.5. The Morgan fingerprint density at radius 1 is 1.32 bits per heavy atom. The Morgan fingerprint density at radius 2 is 2.16 bits per heavy atom. The van der Waals surface area contributed by atoms with Gasteiger partial charge in [0.25, 0.3) is 0 Å². The zero-order chi connectivity index (χ0) is 13.1. The normalized spacial score (nSPS) is 21.4. The van der Waals surface area contributed by atoms with Crippen molar-refractivity contribution in [2.24, 2.45) is 5.92 Å². The minimum absolute atomic E-state index is 0.489. The minimum atomic E-state index is -1.05. The molecule has 5 heteroatoms. The van der Waals surface area contributed by atoms with E-state index in [0.717, 1.165) is 30.5 Å². The molecule has 1 aromatic carbocycles. The van der Waals surface area contributed by atoms with Crippen LogP contribution in [0, 0.1) is 5.92 Å². The number of piperidine rings is 1. The van der Waals surface area contributed by atoms with Gasteiger partial charge in [-0.1, -0.05) is 12.1 Å². The first kappa shape index (κ1) is 12.7. The highest BCUT2D eigenvalue weighted by molar-refractivity contribution is 7.84. The van der Waals surface area contributed by atoms with E-state index in [1.807, 2.05) is 24.3 Å². The quantitative estimate of drug-likeness (QED) is 0.927. The van der Waals surface area contributed by atoms with Gasteiger partial charge in [0.2, 0.25) is 0 Å². The molecular formula is C14H17N3OS. The lowest BCUT2D eigenvalue weighted by Crippen LogP contribution is -2.32. The Hall–Kier alpha value is -1.33. The van der Waals surface area contributed by atoms with Gasteiger partial charge >= 0.3 is 0 Å². The third-order valence-electron chi connectivity index (χ3n) is 3.45. The van der Waals surface area contributed by atoms with Crippen molar-refractivity contribution in [2.45, 2.75) is 17.9 Å². The molecule has 0 amide bonds. The van der Waals surface area contributed by atoms with E-state index in [4.69, 9.17) is 0 Å². The number of nitrogens with zero attached hydrogens (tertiary/aromatic N) is 2. The SMILES string of the molecule is O=[S@@](C[C@@H]1CCCNC1)c1cnc2ccccc2n1. The highest BCUT2D eigenvalue weighted by atomic mass is 32.2. The molecule has 0 spiro atoms. The topological polar surface area (TPSA) is 54.9 Å². The highest BCUT2D eigenvalue weighted by Crippen LogP contribution is 2.16. The van der Waals surface area contributed by atoms with Gasteiger partial charge in [-0.25, -0.2) is 4.98 Å². The summed E-state index contributed by atoms with van der Waals surface area (Å²) in [5.41, 5.74) is 1.66. The van der Waals surface area contributed by atoms with Crippen LogP contribution < -0.4 is 5.32 Å². The Labute approximate surface area is 115 Å². The maximum Gasteiger partial charge on any atom is 0.146 e. The molecule has 100 valence electrons. The lowest BCUT2D eigenvalue weighted by molar-refractivity contribution is 0.408. The number of fused-ring (bicyclic) bond motifs is 1. The van der Waals surface area contributed by atoms with Crippen LogP contribution >= 0.6 is 0 Å². The van der Waals surface area contributed by atoms with Crippen molar-refractivity contribution in [1.29, 1.82) is 0 Å². The lowest BCUT2D eigenvalue weighted by atomic mass is 10.0. The van der Waals surface area contributed by atoms with Gasteiger partial charge in [0, 0.05) is 5.75 Å². The summed E-state index contributed by atoms with van der Waals surface area (Å²) in [7, 11) is -1.05. The van der Waals surface area contributed by atoms with Crippen LogP contribution in [-0.4, -0.2) is 33.0 Å². The second-order valence-electron chi connectivity index (χ2n) is 4.92. The van der Waals surface area contributed by atoms with Crippen molar-refractivity contribution in [2.75, 3.05) is 18.8 Å². The van der Waals surface area contributed by atoms with Crippen molar-refractivity contribution >= 4 is 21.8 Å². The van der Waals surface area contributed by atoms with Gasteiger partial charge in [-0.05, 0) is 44.0 Å². The second kappa shape index (κ2) is 5.75. The summed E-state index contributed by atoms with van der Waals surface area (Å²) in [6.45, 7) is 2.05. The van der Waals surface area contributed by atoms with E-state index in [1.54, 1.807) is 6.20 Å². The fraction of sp³-hybridized carbons (Fsp3) is 0.429. The molecule has 0 saturated carbocycles. The Balaban J connectivity index is 1.77. The van der Waals surface area contributed by atoms with Crippen LogP contribution in [0.5, 0.6) is 0 Å². The first-order valence-corrected chi connectivity index (χ1v) is 7.96. The van der Waals surface area contributed by atoms with Crippen molar-refractivity contribution in [3.8, 4) is 0 Å². The maximum absolute atomic E-state index is 12.3. The van der Waals surface area contributed by atoms with Crippen LogP contribution in [0.25, 0.3) is 11.0 Å². The number of hydrogen-bond acceptors (Lipinski definition) is 4. The van der Waals surface area contributed by atoms with Crippen LogP contribution in [0.3, 0.4) is 0 Å². The molecule has 0 aliphatic carbocycles. The van der Waals surface area contributed by atoms with Crippen molar-refractivity contribution in [3.05, 3.63) is 30.5 Å². The van der Waals surface area contributed by atoms with Gasteiger partial charge in [-0.2, -0.15) is 0 Å². The van der Waals surface area contributed by atoms with E-state index < -0.39 is 10.8 Å². The van der Waals surface area contributed by atoms with Crippen LogP contribution in [-0.2, 0) is 10.8 Å². The second-order valence-corrected chi connectivity index (χ2v) is 6.36. The molecule has 4 nitrogen and oxygen atoms in total. The molecular weight excluding hydrogens is 258 g/mol. The molecule has 0 unspecified atom stereocenters. The Kier molecular flexibility index (Phi) is 3.84. The largest absolute Gasteiger partial charge is 0.316 e. The van der Waals surface area contributed by atoms with E-state index >= 15 is 0 Å². The maximum atomic E-state index is 12.3. The molecule has 1 saturated heterocycles. The average Bonchev–Trinajstić information content (AvgIpc) is 2.48. The Morgan fingerprint density at radius 3 is 2.95 bits per heavy atom. The van der Waals surface area contributed by atoms with Crippen molar-refractivity contribution in [3.63, 3.8) is 0 Å². The zero-order valence-electron chi connectivity index (χ0n) is 10.7. The molecule has 1 aliphatic heterocycles. The molecule has 0 bridgehead atoms. The summed E-state index contributed by atoms with van der Waals surface area (Å²) in [5.74, 6) is 1.17. The van der Waals surface area contributed by atoms with Crippen LogP contribution in [0.2, 0.25) is 0 Å². The van der Waals surface area contributed by atoms with E-state index in [9.17, 15) is 4.21 Å². The molecule has 3 rings (SSSR count). The number of para-hydroxylation sites is 2. The summed E-state index contributed by atoms with van der Waals surface area (Å²) in [4.78, 5) is 8.78. The Bertz CT molecular complexity index is 596. The molecule has 1 N–H and O–H groups in total. The average molecular weight is 275 g/mol. The summed E-state index contributed by atoms with van der Waals surface area (Å²) >= 11 is 0. The van der Waals surface area contributed by atoms with E-state index in [2.05, 4.69) is 15.3 Å². The van der Waals surface area contributed by atoms with Crippen LogP contribution in [0.15, 0.2) is 35.5 Å². The standard InChI is InChI=1S/C14H17N3OS/c18-19(10-11-4-3-7-15-8-11)14-9-16-12-5-1-2-6-13(12)17-14/h1-2,5-6,9,11,15H,3-4,7-8,10H2/t11-,19+/m1/s1. The van der Waals surface area contributed by atoms with Gasteiger partial charge in [-0.3, -0.25) is 9.19 Å². The summed E-state index contributed by atoms with van der Waals surface area (Å²) < 4.78 is 12.3. The third-order valence-corrected chi connectivity index (χ3v) is 4.88. The van der Waals surface area contributed by atoms with Crippen LogP contribution in [0.4, 0.5) is 0 Å². The molecule has 19 heavy (non-hydrogen) atoms. The molecule has 1 fully saturated rings. The third kappa shape index (κ3) is 2.98. The summed E-state index contributed by atoms with van der Waals surface area (Å²) in [6.07, 6.45) is 3.97. The number of rotatable bonds is 3. The minimum Gasteiger partial charge on any atom is -0.316 e. The van der Waals surface area contributed by atoms with E-state index in [0.29, 0.717) is 16.7 Å². The fourth-order valence-electron chi connectivity index (χ4n) is 2.42. The summed E-state index contributed by atoms with van der Waals surface area (Å²) in [5, 5.41) is 3.95. The van der Waals surface area contributed by atoms with Gasteiger partial charge < -0.3 is 5.32 Å². The molecule has 1 aromatic heterocycles. The highest BCUT2D eigenvalue weighted by Gasteiger charge is 2.18. The monoisotopic (exact) mass is 275 g/mol. The number of aromatic nitrogens is 2. The first-order chi connectivity index (χ1) is 9.33. The fourth-order valence-corrected chi connectivity index (χ4v) is 3.67. The predicted molar refractivity (Wildman–Crippen MR) is 76.4 cm³/mol. The van der Waals surface area contributed by atoms with Gasteiger partial charge in [0.1, 0.15) is 5.03 Å². The van der Waals surface area contributed by atoms with E-state index in [1.165, 1.54) is 6.42 Å². The number of nitrogens with one attached hydrogen (secondary N) is 1. The summed E-state index contributed by atoms with van der Waals surface area (Å²) in [6, 6.07) is 7.68. The van der Waals surface area contributed by atoms with Gasteiger partial charge in [0.15, 0.2) is 0 Å². The van der Waals surface area contributed by atoms with E-state index in [-0.39, 0.29) is 0 Å². The van der Waals surface area contributed by atoms with Crippen molar-refractivity contribution in [1.82, 2.24) is 15.3 Å². The number of hydrogen-bond donors (Lipinski definition) is 1. The number of benzene rings is 1.